The number of halogens is 1. The average Bonchev–Trinajstić information content (AvgIpc) is 2.79. The van der Waals surface area contributed by atoms with Gasteiger partial charge in [0.15, 0.2) is 0 Å². The Morgan fingerprint density at radius 3 is 2.59 bits per heavy atom. The van der Waals surface area contributed by atoms with Crippen molar-refractivity contribution in [1.29, 1.82) is 0 Å². The zero-order chi connectivity index (χ0) is 16.1. The number of aliphatic hydroxyl groups is 1. The molecule has 1 aromatic heterocycles. The van der Waals surface area contributed by atoms with E-state index in [-0.39, 0.29) is 18.6 Å². The molecule has 2 aromatic rings. The molecule has 2 unspecified atom stereocenters. The maximum atomic E-state index is 9.20. The largest absolute Gasteiger partial charge is 0.396 e. The molecule has 1 aromatic carbocycles. The van der Waals surface area contributed by atoms with Gasteiger partial charge >= 0.3 is 0 Å². The smallest absolute Gasteiger partial charge is 0.132 e. The van der Waals surface area contributed by atoms with E-state index in [1.165, 1.54) is 5.56 Å². The standard InChI is InChI=1S/C17H24ClN3O/c1-12(11-22)13(2)19-9-16-14(3)20-21(17(16)18)10-15-7-5-4-6-8-15/h4-8,12-13,19,22H,9-11H2,1-3H3. The van der Waals surface area contributed by atoms with E-state index in [2.05, 4.69) is 29.5 Å². The van der Waals surface area contributed by atoms with Gasteiger partial charge in [-0.3, -0.25) is 0 Å². The van der Waals surface area contributed by atoms with Crippen molar-refractivity contribution in [2.45, 2.75) is 39.9 Å². The van der Waals surface area contributed by atoms with Gasteiger partial charge in [0, 0.05) is 24.8 Å². The third-order valence-corrected chi connectivity index (χ3v) is 4.52. The lowest BCUT2D eigenvalue weighted by molar-refractivity contribution is 0.207. The molecule has 0 aliphatic heterocycles. The van der Waals surface area contributed by atoms with Crippen molar-refractivity contribution in [2.24, 2.45) is 5.92 Å². The molecule has 0 aliphatic rings. The van der Waals surface area contributed by atoms with Crippen LogP contribution in [0.5, 0.6) is 0 Å². The lowest BCUT2D eigenvalue weighted by atomic mass is 10.1. The molecule has 120 valence electrons. The number of nitrogens with one attached hydrogen (secondary N) is 1. The van der Waals surface area contributed by atoms with Gasteiger partial charge in [0.25, 0.3) is 0 Å². The number of aryl methyl sites for hydroxylation is 1. The second-order valence-corrected chi connectivity index (χ2v) is 6.19. The molecule has 2 N–H and O–H groups in total. The van der Waals surface area contributed by atoms with Gasteiger partial charge in [-0.2, -0.15) is 5.10 Å². The first-order valence-electron chi connectivity index (χ1n) is 7.62. The van der Waals surface area contributed by atoms with E-state index in [1.54, 1.807) is 0 Å². The van der Waals surface area contributed by atoms with Crippen LogP contribution in [0.2, 0.25) is 5.15 Å². The maximum Gasteiger partial charge on any atom is 0.132 e. The highest BCUT2D eigenvalue weighted by molar-refractivity contribution is 6.30. The number of hydrogen-bond acceptors (Lipinski definition) is 3. The Kier molecular flexibility index (Phi) is 6.00. The van der Waals surface area contributed by atoms with Crippen LogP contribution in [0.1, 0.15) is 30.7 Å². The van der Waals surface area contributed by atoms with Gasteiger partial charge < -0.3 is 10.4 Å². The minimum Gasteiger partial charge on any atom is -0.396 e. The highest BCUT2D eigenvalue weighted by atomic mass is 35.5. The summed E-state index contributed by atoms with van der Waals surface area (Å²) in [6, 6.07) is 10.4. The van der Waals surface area contributed by atoms with Crippen molar-refractivity contribution in [1.82, 2.24) is 15.1 Å². The van der Waals surface area contributed by atoms with Crippen LogP contribution in [0.25, 0.3) is 0 Å². The molecule has 0 radical (unpaired) electrons. The zero-order valence-corrected chi connectivity index (χ0v) is 14.1. The van der Waals surface area contributed by atoms with Crippen molar-refractivity contribution in [3.8, 4) is 0 Å². The molecular formula is C17H24ClN3O. The summed E-state index contributed by atoms with van der Waals surface area (Å²) in [5.74, 6) is 0.207. The predicted molar refractivity (Wildman–Crippen MR) is 90.1 cm³/mol. The van der Waals surface area contributed by atoms with E-state index in [9.17, 15) is 5.11 Å². The Hall–Kier alpha value is -1.36. The van der Waals surface area contributed by atoms with Gasteiger partial charge in [-0.15, -0.1) is 0 Å². The minimum atomic E-state index is 0.175. The maximum absolute atomic E-state index is 9.20. The molecule has 5 heteroatoms. The van der Waals surface area contributed by atoms with E-state index >= 15 is 0 Å². The minimum absolute atomic E-state index is 0.175. The van der Waals surface area contributed by atoms with Crippen LogP contribution in [-0.2, 0) is 13.1 Å². The highest BCUT2D eigenvalue weighted by Crippen LogP contribution is 2.21. The number of rotatable bonds is 7. The predicted octanol–water partition coefficient (Wildman–Crippen LogP) is 3.00. The summed E-state index contributed by atoms with van der Waals surface area (Å²) in [7, 11) is 0. The van der Waals surface area contributed by atoms with Crippen molar-refractivity contribution >= 4 is 11.6 Å². The molecule has 4 nitrogen and oxygen atoms in total. The number of nitrogens with zero attached hydrogens (tertiary/aromatic N) is 2. The number of aromatic nitrogens is 2. The summed E-state index contributed by atoms with van der Waals surface area (Å²) >= 11 is 6.49. The molecule has 0 bridgehead atoms. The van der Waals surface area contributed by atoms with Crippen molar-refractivity contribution in [3.05, 3.63) is 52.3 Å². The number of hydrogen-bond donors (Lipinski definition) is 2. The Morgan fingerprint density at radius 2 is 1.95 bits per heavy atom. The molecular weight excluding hydrogens is 298 g/mol. The summed E-state index contributed by atoms with van der Waals surface area (Å²) in [5, 5.41) is 17.8. The van der Waals surface area contributed by atoms with Crippen LogP contribution in [0.4, 0.5) is 0 Å². The average molecular weight is 322 g/mol. The van der Waals surface area contributed by atoms with Crippen LogP contribution < -0.4 is 5.32 Å². The topological polar surface area (TPSA) is 50.1 Å². The lowest BCUT2D eigenvalue weighted by Crippen LogP contribution is -2.33. The van der Waals surface area contributed by atoms with Gasteiger partial charge in [0.1, 0.15) is 5.15 Å². The molecule has 2 rings (SSSR count). The van der Waals surface area contributed by atoms with Gasteiger partial charge in [-0.05, 0) is 25.3 Å². The van der Waals surface area contributed by atoms with Crippen molar-refractivity contribution < 1.29 is 5.11 Å². The van der Waals surface area contributed by atoms with Crippen molar-refractivity contribution in [3.63, 3.8) is 0 Å². The molecule has 0 fully saturated rings. The third-order valence-electron chi connectivity index (χ3n) is 4.10. The molecule has 0 saturated carbocycles. The highest BCUT2D eigenvalue weighted by Gasteiger charge is 2.16. The summed E-state index contributed by atoms with van der Waals surface area (Å²) in [6.07, 6.45) is 0. The Morgan fingerprint density at radius 1 is 1.27 bits per heavy atom. The van der Waals surface area contributed by atoms with Crippen molar-refractivity contribution in [2.75, 3.05) is 6.61 Å². The summed E-state index contributed by atoms with van der Waals surface area (Å²) in [6.45, 7) is 7.57. The van der Waals surface area contributed by atoms with E-state index in [0.717, 1.165) is 11.3 Å². The lowest BCUT2D eigenvalue weighted by Gasteiger charge is -2.19. The fraction of sp³-hybridized carbons (Fsp3) is 0.471. The number of aliphatic hydroxyl groups excluding tert-OH is 1. The molecule has 0 aliphatic carbocycles. The monoisotopic (exact) mass is 321 g/mol. The second-order valence-electron chi connectivity index (χ2n) is 5.83. The summed E-state index contributed by atoms with van der Waals surface area (Å²) < 4.78 is 1.84. The first-order chi connectivity index (χ1) is 10.5. The van der Waals surface area contributed by atoms with Crippen LogP contribution in [0.15, 0.2) is 30.3 Å². The Labute approximate surface area is 137 Å². The SMILES string of the molecule is Cc1nn(Cc2ccccc2)c(Cl)c1CNC(C)C(C)CO. The normalized spacial score (nSPS) is 14.0. The van der Waals surface area contributed by atoms with E-state index in [4.69, 9.17) is 11.6 Å². The second kappa shape index (κ2) is 7.77. The first kappa shape index (κ1) is 17.0. The molecule has 2 atom stereocenters. The zero-order valence-electron chi connectivity index (χ0n) is 13.4. The fourth-order valence-corrected chi connectivity index (χ4v) is 2.58. The van der Waals surface area contributed by atoms with Crippen LogP contribution >= 0.6 is 11.6 Å². The van der Waals surface area contributed by atoms with E-state index < -0.39 is 0 Å². The van der Waals surface area contributed by atoms with Gasteiger partial charge in [-0.1, -0.05) is 48.9 Å². The van der Waals surface area contributed by atoms with E-state index in [0.29, 0.717) is 18.2 Å². The molecule has 0 spiro atoms. The first-order valence-corrected chi connectivity index (χ1v) is 8.00. The number of benzene rings is 1. The molecule has 0 amide bonds. The third kappa shape index (κ3) is 4.09. The van der Waals surface area contributed by atoms with Gasteiger partial charge in [0.05, 0.1) is 12.2 Å². The summed E-state index contributed by atoms with van der Waals surface area (Å²) in [4.78, 5) is 0. The van der Waals surface area contributed by atoms with Crippen LogP contribution in [0, 0.1) is 12.8 Å². The Balaban J connectivity index is 2.07. The Bertz CT molecular complexity index is 597. The van der Waals surface area contributed by atoms with Gasteiger partial charge in [0.2, 0.25) is 0 Å². The molecule has 0 saturated heterocycles. The molecule has 1 heterocycles. The van der Waals surface area contributed by atoms with Crippen LogP contribution in [0.3, 0.4) is 0 Å². The van der Waals surface area contributed by atoms with Crippen LogP contribution in [-0.4, -0.2) is 27.5 Å². The summed E-state index contributed by atoms with van der Waals surface area (Å²) in [5.41, 5.74) is 3.14. The molecule has 22 heavy (non-hydrogen) atoms. The van der Waals surface area contributed by atoms with Gasteiger partial charge in [-0.25, -0.2) is 4.68 Å². The fourth-order valence-electron chi connectivity index (χ4n) is 2.27. The quantitative estimate of drug-likeness (QED) is 0.824. The van der Waals surface area contributed by atoms with E-state index in [1.807, 2.05) is 36.7 Å².